The minimum atomic E-state index is -2.02. The summed E-state index contributed by atoms with van der Waals surface area (Å²) in [5, 5.41) is 34.8. The van der Waals surface area contributed by atoms with Gasteiger partial charge in [-0.1, -0.05) is 0 Å². The van der Waals surface area contributed by atoms with E-state index >= 15 is 0 Å². The number of nitrogens with one attached hydrogen (secondary N) is 1. The summed E-state index contributed by atoms with van der Waals surface area (Å²) in [6.07, 6.45) is -4.54. The Kier molecular flexibility index (Phi) is 1.65. The zero-order valence-electron chi connectivity index (χ0n) is 10.6. The first kappa shape index (κ1) is 11.7. The van der Waals surface area contributed by atoms with Crippen molar-refractivity contribution in [2.45, 2.75) is 54.7 Å². The summed E-state index contributed by atoms with van der Waals surface area (Å²) in [5.74, 6) is -2.34. The molecule has 4 saturated heterocycles. The lowest BCUT2D eigenvalue weighted by Crippen LogP contribution is -2.91. The Morgan fingerprint density at radius 2 is 2.00 bits per heavy atom. The molecule has 6 N–H and O–H groups in total. The number of hydrogen-bond acceptors (Lipinski definition) is 9. The fourth-order valence-electron chi connectivity index (χ4n) is 4.60. The second-order valence-corrected chi connectivity index (χ2v) is 6.38. The summed E-state index contributed by atoms with van der Waals surface area (Å²) in [7, 11) is 0. The Labute approximate surface area is 113 Å². The van der Waals surface area contributed by atoms with Gasteiger partial charge in [0.25, 0.3) is 0 Å². The lowest BCUT2D eigenvalue weighted by molar-refractivity contribution is -0.526. The molecular formula is C11H15N3O6. The van der Waals surface area contributed by atoms with Gasteiger partial charge in [0.1, 0.15) is 29.5 Å². The van der Waals surface area contributed by atoms with Crippen LogP contribution in [0.25, 0.3) is 0 Å². The number of guanidine groups is 1. The molecule has 9 atom stereocenters. The van der Waals surface area contributed by atoms with Gasteiger partial charge in [-0.2, -0.15) is 0 Å². The fraction of sp³-hybridized carbons (Fsp3) is 0.909. The Morgan fingerprint density at radius 3 is 2.75 bits per heavy atom. The molecule has 0 aromatic rings. The van der Waals surface area contributed by atoms with Gasteiger partial charge < -0.3 is 40.6 Å². The molecule has 5 heterocycles. The topological polar surface area (TPSA) is 139 Å². The molecule has 1 aliphatic carbocycles. The van der Waals surface area contributed by atoms with Crippen molar-refractivity contribution < 1.29 is 29.5 Å². The lowest BCUT2D eigenvalue weighted by Gasteiger charge is -2.68. The van der Waals surface area contributed by atoms with Crippen molar-refractivity contribution in [2.75, 3.05) is 0 Å². The Hall–Kier alpha value is -0.970. The van der Waals surface area contributed by atoms with E-state index in [0.29, 0.717) is 0 Å². The first-order valence-corrected chi connectivity index (χ1v) is 6.56. The van der Waals surface area contributed by atoms with Crippen molar-refractivity contribution in [3.8, 4) is 0 Å². The average Bonchev–Trinajstić information content (AvgIpc) is 2.51. The maximum atomic E-state index is 10.7. The van der Waals surface area contributed by atoms with E-state index in [9.17, 15) is 15.3 Å². The largest absolute Gasteiger partial charge is 0.388 e. The first-order chi connectivity index (χ1) is 9.31. The summed E-state index contributed by atoms with van der Waals surface area (Å²) < 4.78 is 16.6. The van der Waals surface area contributed by atoms with Crippen LogP contribution < -0.4 is 11.1 Å². The molecule has 6 rings (SSSR count). The minimum absolute atomic E-state index is 0.137. The van der Waals surface area contributed by atoms with Crippen LogP contribution in [0.1, 0.15) is 6.92 Å². The van der Waals surface area contributed by atoms with E-state index in [1.165, 1.54) is 6.92 Å². The highest BCUT2D eigenvalue weighted by molar-refractivity contribution is 5.80. The van der Waals surface area contributed by atoms with Crippen LogP contribution in [0.4, 0.5) is 0 Å². The van der Waals surface area contributed by atoms with Gasteiger partial charge in [-0.15, -0.1) is 0 Å². The van der Waals surface area contributed by atoms with Gasteiger partial charge in [-0.3, -0.25) is 0 Å². The van der Waals surface area contributed by atoms with E-state index in [1.54, 1.807) is 0 Å². The highest BCUT2D eigenvalue weighted by Crippen LogP contribution is 2.63. The molecular weight excluding hydrogens is 270 g/mol. The van der Waals surface area contributed by atoms with Crippen LogP contribution in [-0.2, 0) is 14.2 Å². The average molecular weight is 285 g/mol. The second-order valence-electron chi connectivity index (χ2n) is 6.38. The maximum Gasteiger partial charge on any atom is 0.311 e. The zero-order valence-corrected chi connectivity index (χ0v) is 10.6. The Morgan fingerprint density at radius 1 is 1.30 bits per heavy atom. The van der Waals surface area contributed by atoms with Crippen LogP contribution >= 0.6 is 0 Å². The van der Waals surface area contributed by atoms with Gasteiger partial charge in [0.15, 0.2) is 18.3 Å². The monoisotopic (exact) mass is 285 g/mol. The highest BCUT2D eigenvalue weighted by Gasteiger charge is 2.86. The number of aliphatic hydroxyl groups excluding tert-OH is 1. The minimum Gasteiger partial charge on any atom is -0.388 e. The van der Waals surface area contributed by atoms with Gasteiger partial charge in [0.05, 0.1) is 5.92 Å². The van der Waals surface area contributed by atoms with Crippen LogP contribution in [0.2, 0.25) is 0 Å². The Balaban J connectivity index is 1.79. The third kappa shape index (κ3) is 0.892. The molecule has 5 fully saturated rings. The quantitative estimate of drug-likeness (QED) is 0.310. The standard InChI is InChI=1S/C11H15N3O6/c1-9(16)4-2-6-13-8(12)14-10(2)3(15)5(9)20-11(17,19-4)7(10)18-6/h2-7,15-17H,1H3,(H3,12,13,14)/t2-,3-,4-,5+,6+,7+,9+,10-,11+/m1/s1. The number of aliphatic imine (C=N–C) groups is 1. The SMILES string of the molecule is C[C@]1(O)[C@@H]2O[C@]3(O)O[C@H]1[C@@H](O)[C@@]14NC(N)=N[C@@H](O[C@H]31)[C@@H]24. The summed E-state index contributed by atoms with van der Waals surface area (Å²) in [6, 6.07) is 0. The maximum absolute atomic E-state index is 10.7. The summed E-state index contributed by atoms with van der Waals surface area (Å²) in [4.78, 5) is 4.14. The fourth-order valence-corrected chi connectivity index (χ4v) is 4.60. The number of nitrogens with zero attached hydrogens (tertiary/aromatic N) is 1. The van der Waals surface area contributed by atoms with Crippen LogP contribution in [0.5, 0.6) is 0 Å². The zero-order chi connectivity index (χ0) is 14.1. The van der Waals surface area contributed by atoms with Gasteiger partial charge >= 0.3 is 5.97 Å². The molecule has 110 valence electrons. The molecule has 0 aromatic carbocycles. The first-order valence-electron chi connectivity index (χ1n) is 6.56. The van der Waals surface area contributed by atoms with Crippen molar-refractivity contribution in [1.29, 1.82) is 0 Å². The molecule has 20 heavy (non-hydrogen) atoms. The number of rotatable bonds is 0. The summed E-state index contributed by atoms with van der Waals surface area (Å²) in [5.41, 5.74) is 3.23. The summed E-state index contributed by atoms with van der Waals surface area (Å²) in [6.45, 7) is 1.51. The van der Waals surface area contributed by atoms with Crippen molar-refractivity contribution in [2.24, 2.45) is 16.6 Å². The molecule has 0 unspecified atom stereocenters. The van der Waals surface area contributed by atoms with Crippen LogP contribution in [0.15, 0.2) is 4.99 Å². The van der Waals surface area contributed by atoms with Crippen molar-refractivity contribution in [3.05, 3.63) is 0 Å². The molecule has 5 aliphatic heterocycles. The molecule has 1 saturated carbocycles. The number of nitrogens with two attached hydrogens (primary N) is 1. The molecule has 9 nitrogen and oxygen atoms in total. The van der Waals surface area contributed by atoms with Crippen molar-refractivity contribution in [3.63, 3.8) is 0 Å². The van der Waals surface area contributed by atoms with Crippen LogP contribution in [0, 0.1) is 5.92 Å². The van der Waals surface area contributed by atoms with Crippen LogP contribution in [0.3, 0.4) is 0 Å². The van der Waals surface area contributed by atoms with Crippen LogP contribution in [-0.4, -0.2) is 69.0 Å². The lowest BCUT2D eigenvalue weighted by atomic mass is 9.57. The second kappa shape index (κ2) is 2.82. The molecule has 0 radical (unpaired) electrons. The van der Waals surface area contributed by atoms with E-state index in [2.05, 4.69) is 10.3 Å². The molecule has 1 spiro atoms. The molecule has 0 aromatic heterocycles. The predicted molar refractivity (Wildman–Crippen MR) is 61.0 cm³/mol. The van der Waals surface area contributed by atoms with E-state index in [1.807, 2.05) is 0 Å². The van der Waals surface area contributed by atoms with E-state index < -0.39 is 53.7 Å². The van der Waals surface area contributed by atoms with Crippen molar-refractivity contribution in [1.82, 2.24) is 5.32 Å². The van der Waals surface area contributed by atoms with E-state index in [4.69, 9.17) is 19.9 Å². The van der Waals surface area contributed by atoms with Gasteiger partial charge in [-0.25, -0.2) is 4.99 Å². The highest BCUT2D eigenvalue weighted by atomic mass is 16.9. The van der Waals surface area contributed by atoms with Gasteiger partial charge in [-0.05, 0) is 6.92 Å². The predicted octanol–water partition coefficient (Wildman–Crippen LogP) is -3.45. The number of aliphatic hydroxyl groups is 3. The molecule has 6 aliphatic rings. The van der Waals surface area contributed by atoms with Gasteiger partial charge in [0, 0.05) is 0 Å². The molecule has 0 amide bonds. The van der Waals surface area contributed by atoms with E-state index in [-0.39, 0.29) is 5.96 Å². The number of hydrogen-bond donors (Lipinski definition) is 5. The van der Waals surface area contributed by atoms with E-state index in [0.717, 1.165) is 0 Å². The smallest absolute Gasteiger partial charge is 0.311 e. The third-order valence-electron chi connectivity index (χ3n) is 5.36. The Bertz CT molecular complexity index is 554. The number of ether oxygens (including phenoxy) is 3. The molecule has 9 heteroatoms. The van der Waals surface area contributed by atoms with Gasteiger partial charge in [0.2, 0.25) is 0 Å². The third-order valence-corrected chi connectivity index (χ3v) is 5.36. The molecule has 7 bridgehead atoms. The normalized spacial score (nSPS) is 68.9. The van der Waals surface area contributed by atoms with Crippen molar-refractivity contribution >= 4 is 5.96 Å². The summed E-state index contributed by atoms with van der Waals surface area (Å²) >= 11 is 0.